The molecule has 0 aliphatic heterocycles. The van der Waals surface area contributed by atoms with Crippen molar-refractivity contribution in [1.82, 2.24) is 0 Å². The Kier molecular flexibility index (Phi) is 69.3. The van der Waals surface area contributed by atoms with E-state index in [1.165, 1.54) is 0 Å². The van der Waals surface area contributed by atoms with Gasteiger partial charge in [0.1, 0.15) is 0 Å². The average Bonchev–Trinajstić information content (AvgIpc) is 1.00. The van der Waals surface area contributed by atoms with Gasteiger partial charge in [0.15, 0.2) is 0 Å². The van der Waals surface area contributed by atoms with Crippen molar-refractivity contribution in [3.05, 3.63) is 0 Å². The first-order chi connectivity index (χ1) is 1.00. The second-order valence-corrected chi connectivity index (χ2v) is 0. The van der Waals surface area contributed by atoms with E-state index in [1.54, 1.807) is 0 Å². The van der Waals surface area contributed by atoms with Gasteiger partial charge < -0.3 is 0 Å². The second kappa shape index (κ2) is 17.4. The minimum atomic E-state index is 0. The van der Waals surface area contributed by atoms with E-state index in [-0.39, 0.29) is 44.4 Å². The number of hydrogen-bond donors (Lipinski definition) is 0. The van der Waals surface area contributed by atoms with Crippen LogP contribution in [0.4, 0.5) is 0 Å². The second-order valence-electron chi connectivity index (χ2n) is 0. The van der Waals surface area contributed by atoms with Crippen LogP contribution in [-0.2, 0) is 61.5 Å². The molecule has 0 bridgehead atoms. The summed E-state index contributed by atoms with van der Waals surface area (Å²) in [6.07, 6.45) is 0. The van der Waals surface area contributed by atoms with Gasteiger partial charge in [-0.1, -0.05) is 0 Å². The van der Waals surface area contributed by atoms with E-state index in [0.717, 1.165) is 0 Å². The SMILES string of the molecule is [Cd].[Fe].[Se]=[Mo]. The number of rotatable bonds is 0. The zero-order valence-electron chi connectivity index (χ0n) is 1.88. The monoisotopic (exact) mass is 348 g/mol. The van der Waals surface area contributed by atoms with Gasteiger partial charge >= 0.3 is 30.0 Å². The molecule has 0 aromatic rings. The summed E-state index contributed by atoms with van der Waals surface area (Å²) in [7, 11) is 0. The Labute approximate surface area is 73.1 Å². The molecule has 0 fully saturated rings. The van der Waals surface area contributed by atoms with Crippen molar-refractivity contribution in [2.75, 3.05) is 0 Å². The van der Waals surface area contributed by atoms with Crippen LogP contribution in [0, 0.1) is 0 Å². The molecule has 4 heavy (non-hydrogen) atoms. The van der Waals surface area contributed by atoms with E-state index in [1.807, 2.05) is 17.2 Å². The van der Waals surface area contributed by atoms with E-state index in [9.17, 15) is 0 Å². The van der Waals surface area contributed by atoms with Crippen molar-refractivity contribution < 1.29 is 61.5 Å². The minimum absolute atomic E-state index is 0. The molecule has 0 nitrogen and oxygen atoms in total. The molecular weight excluding hydrogens is 343 g/mol. The molecule has 0 saturated heterocycles. The maximum absolute atomic E-state index is 2.64. The van der Waals surface area contributed by atoms with E-state index in [0.29, 0.717) is 0 Å². The van der Waals surface area contributed by atoms with Crippen LogP contribution >= 0.6 is 0 Å². The van der Waals surface area contributed by atoms with E-state index in [4.69, 9.17) is 0 Å². The Hall–Kier alpha value is 2.65. The van der Waals surface area contributed by atoms with Crippen LogP contribution in [0.15, 0.2) is 0 Å². The van der Waals surface area contributed by atoms with Crippen molar-refractivity contribution >= 4 is 12.8 Å². The first kappa shape index (κ1) is 15.9. The first-order valence-electron chi connectivity index (χ1n) is 0.167. The van der Waals surface area contributed by atoms with Gasteiger partial charge in [0, 0.05) is 44.4 Å². The molecule has 0 aliphatic carbocycles. The van der Waals surface area contributed by atoms with Crippen LogP contribution in [0.1, 0.15) is 0 Å². The van der Waals surface area contributed by atoms with Crippen LogP contribution < -0.4 is 0 Å². The zero-order valence-corrected chi connectivity index (χ0v) is 10.7. The molecule has 0 amide bonds. The number of hydrogen-bond acceptors (Lipinski definition) is 0. The molecule has 0 N–H and O–H groups in total. The van der Waals surface area contributed by atoms with Gasteiger partial charge in [0.05, 0.1) is 0 Å². The van der Waals surface area contributed by atoms with Crippen LogP contribution in [-0.4, -0.2) is 12.8 Å². The van der Waals surface area contributed by atoms with E-state index < -0.39 is 0 Å². The fourth-order valence-corrected chi connectivity index (χ4v) is 0. The summed E-state index contributed by atoms with van der Waals surface area (Å²) in [6, 6.07) is 0. The van der Waals surface area contributed by atoms with Gasteiger partial charge in [0.25, 0.3) is 0 Å². The maximum atomic E-state index is 2.64. The fraction of sp³-hybridized carbons (Fsp3) is 0. The Morgan fingerprint density at radius 2 is 1.25 bits per heavy atom. The van der Waals surface area contributed by atoms with Gasteiger partial charge in [-0.15, -0.1) is 0 Å². The molecule has 0 saturated carbocycles. The third-order valence-electron chi connectivity index (χ3n) is 0. The molecule has 0 spiro atoms. The molecule has 0 aliphatic rings. The first-order valence-corrected chi connectivity index (χ1v) is 5.12. The fourth-order valence-electron chi connectivity index (χ4n) is 0. The van der Waals surface area contributed by atoms with Crippen LogP contribution in [0.3, 0.4) is 0 Å². The molecule has 0 unspecified atom stereocenters. The van der Waals surface area contributed by atoms with Crippen molar-refractivity contribution in [2.24, 2.45) is 0 Å². The van der Waals surface area contributed by atoms with Crippen LogP contribution in [0.2, 0.25) is 0 Å². The third-order valence-corrected chi connectivity index (χ3v) is 0. The Morgan fingerprint density at radius 1 is 1.25 bits per heavy atom. The van der Waals surface area contributed by atoms with Crippen molar-refractivity contribution in [3.8, 4) is 0 Å². The predicted molar refractivity (Wildman–Crippen MR) is 5.75 cm³/mol. The van der Waals surface area contributed by atoms with Gasteiger partial charge in [-0.25, -0.2) is 0 Å². The summed E-state index contributed by atoms with van der Waals surface area (Å²) >= 11 is 4.46. The van der Waals surface area contributed by atoms with Gasteiger partial charge in [-0.2, -0.15) is 0 Å². The molecule has 0 aromatic heterocycles. The van der Waals surface area contributed by atoms with Crippen molar-refractivity contribution in [2.45, 2.75) is 0 Å². The summed E-state index contributed by atoms with van der Waals surface area (Å²) in [5.74, 6) is 0. The standard InChI is InChI=1S/Cd.Fe.Mo.Se. The average molecular weight is 343 g/mol. The van der Waals surface area contributed by atoms with E-state index in [2.05, 4.69) is 12.8 Å². The van der Waals surface area contributed by atoms with Crippen molar-refractivity contribution in [3.63, 3.8) is 0 Å². The summed E-state index contributed by atoms with van der Waals surface area (Å²) < 4.78 is 0. The zero-order chi connectivity index (χ0) is 2.00. The molecule has 4 heteroatoms. The Bertz CT molecular complexity index is 8.00. The molecule has 22 valence electrons. The van der Waals surface area contributed by atoms with Crippen LogP contribution in [0.5, 0.6) is 0 Å². The van der Waals surface area contributed by atoms with Gasteiger partial charge in [-0.05, 0) is 0 Å². The summed E-state index contributed by atoms with van der Waals surface area (Å²) in [5.41, 5.74) is 0. The van der Waals surface area contributed by atoms with Crippen molar-refractivity contribution in [1.29, 1.82) is 0 Å². The van der Waals surface area contributed by atoms with Gasteiger partial charge in [-0.3, -0.25) is 0 Å². The molecule has 0 atom stereocenters. The molecule has 0 rings (SSSR count). The van der Waals surface area contributed by atoms with E-state index >= 15 is 0 Å². The van der Waals surface area contributed by atoms with Crippen LogP contribution in [0.25, 0.3) is 0 Å². The molecule has 0 heterocycles. The normalized spacial score (nSPS) is 1.00. The van der Waals surface area contributed by atoms with Gasteiger partial charge in [0.2, 0.25) is 0 Å². The third kappa shape index (κ3) is 8.82. The quantitative estimate of drug-likeness (QED) is 0.526. The summed E-state index contributed by atoms with van der Waals surface area (Å²) in [5, 5.41) is 0. The molecule has 0 radical (unpaired) electrons. The Morgan fingerprint density at radius 3 is 1.25 bits per heavy atom. The Balaban J connectivity index is -0.00000000500. The molecule has 0 aromatic carbocycles. The summed E-state index contributed by atoms with van der Waals surface area (Å²) in [4.78, 5) is 0. The topological polar surface area (TPSA) is 0 Å². The predicted octanol–water partition coefficient (Wildman–Crippen LogP) is -0.388. The molecular formula is CdFeMoSe. The summed E-state index contributed by atoms with van der Waals surface area (Å²) in [6.45, 7) is 0.